The molecule has 2 aromatic carbocycles. The Bertz CT molecular complexity index is 1080. The largest absolute Gasteiger partial charge is 0.345 e. The lowest BCUT2D eigenvalue weighted by Crippen LogP contribution is -2.46. The molecule has 170 valence electrons. The highest BCUT2D eigenvalue weighted by Gasteiger charge is 2.25. The Labute approximate surface area is 198 Å². The van der Waals surface area contributed by atoms with E-state index >= 15 is 0 Å². The van der Waals surface area contributed by atoms with Gasteiger partial charge in [0.15, 0.2) is 0 Å². The molecule has 0 radical (unpaired) electrons. The topological polar surface area (TPSA) is 67.2 Å². The highest BCUT2D eigenvalue weighted by Crippen LogP contribution is 2.19. The highest BCUT2D eigenvalue weighted by atomic mass is 79.9. The summed E-state index contributed by atoms with van der Waals surface area (Å²) in [5.74, 6) is 0.546. The van der Waals surface area contributed by atoms with Gasteiger partial charge in [-0.2, -0.15) is 0 Å². The minimum absolute atomic E-state index is 0.0661. The number of fused-ring (bicyclic) bond motifs is 1. The standard InChI is InChI=1S/C25H31BrN4O2/c1-5-17(3)30(18(4)6-2)24(31)16-29-22-13-8-7-12-21(22)28-23(29)15-27-25(32)19-10-9-11-20(26)14-19/h7-14,17-18H,5-6,15-16H2,1-4H3,(H,27,32). The van der Waals surface area contributed by atoms with Crippen molar-refractivity contribution in [3.8, 4) is 0 Å². The van der Waals surface area contributed by atoms with Gasteiger partial charge in [-0.1, -0.05) is 48.0 Å². The van der Waals surface area contributed by atoms with Gasteiger partial charge in [0.25, 0.3) is 5.91 Å². The second-order valence-corrected chi connectivity index (χ2v) is 9.03. The smallest absolute Gasteiger partial charge is 0.251 e. The Balaban J connectivity index is 1.87. The molecule has 0 aliphatic heterocycles. The number of amides is 2. The third kappa shape index (κ3) is 5.38. The van der Waals surface area contributed by atoms with Crippen molar-refractivity contribution in [3.05, 3.63) is 64.4 Å². The average Bonchev–Trinajstić information content (AvgIpc) is 3.14. The second-order valence-electron chi connectivity index (χ2n) is 8.11. The fourth-order valence-corrected chi connectivity index (χ4v) is 4.26. The summed E-state index contributed by atoms with van der Waals surface area (Å²) < 4.78 is 2.77. The lowest BCUT2D eigenvalue weighted by Gasteiger charge is -2.34. The predicted molar refractivity (Wildman–Crippen MR) is 131 cm³/mol. The predicted octanol–water partition coefficient (Wildman–Crippen LogP) is 5.15. The molecular weight excluding hydrogens is 468 g/mol. The molecule has 0 bridgehead atoms. The summed E-state index contributed by atoms with van der Waals surface area (Å²) in [5.41, 5.74) is 2.27. The van der Waals surface area contributed by atoms with Gasteiger partial charge in [-0.05, 0) is 57.0 Å². The maximum absolute atomic E-state index is 13.4. The summed E-state index contributed by atoms with van der Waals surface area (Å²) >= 11 is 3.40. The van der Waals surface area contributed by atoms with Crippen LogP contribution < -0.4 is 5.32 Å². The number of aromatic nitrogens is 2. The second kappa shape index (κ2) is 10.8. The number of nitrogens with zero attached hydrogens (tertiary/aromatic N) is 3. The summed E-state index contributed by atoms with van der Waals surface area (Å²) in [5, 5.41) is 2.95. The number of imidazole rings is 1. The molecule has 2 unspecified atom stereocenters. The van der Waals surface area contributed by atoms with Crippen molar-refractivity contribution >= 4 is 38.8 Å². The van der Waals surface area contributed by atoms with Crippen molar-refractivity contribution in [2.24, 2.45) is 0 Å². The molecule has 6 nitrogen and oxygen atoms in total. The summed E-state index contributed by atoms with van der Waals surface area (Å²) in [6.07, 6.45) is 1.80. The van der Waals surface area contributed by atoms with E-state index in [0.29, 0.717) is 11.4 Å². The van der Waals surface area contributed by atoms with Gasteiger partial charge in [-0.15, -0.1) is 0 Å². The number of carbonyl (C=O) groups is 2. The van der Waals surface area contributed by atoms with Gasteiger partial charge in [-0.3, -0.25) is 9.59 Å². The summed E-state index contributed by atoms with van der Waals surface area (Å²) in [4.78, 5) is 32.7. The third-order valence-corrected chi connectivity index (χ3v) is 6.43. The molecule has 32 heavy (non-hydrogen) atoms. The van der Waals surface area contributed by atoms with Crippen molar-refractivity contribution in [2.45, 2.75) is 65.7 Å². The molecule has 1 aromatic heterocycles. The van der Waals surface area contributed by atoms with Crippen LogP contribution in [0.5, 0.6) is 0 Å². The van der Waals surface area contributed by atoms with Crippen molar-refractivity contribution in [1.29, 1.82) is 0 Å². The van der Waals surface area contributed by atoms with E-state index in [-0.39, 0.29) is 37.0 Å². The van der Waals surface area contributed by atoms with Crippen LogP contribution in [0.25, 0.3) is 11.0 Å². The minimum atomic E-state index is -0.183. The van der Waals surface area contributed by atoms with Crippen LogP contribution in [0, 0.1) is 0 Å². The molecule has 2 atom stereocenters. The van der Waals surface area contributed by atoms with Gasteiger partial charge in [0.2, 0.25) is 5.91 Å². The normalized spacial score (nSPS) is 13.0. The highest BCUT2D eigenvalue weighted by molar-refractivity contribution is 9.10. The van der Waals surface area contributed by atoms with Crippen LogP contribution in [0.1, 0.15) is 56.7 Å². The first-order chi connectivity index (χ1) is 15.3. The molecule has 0 spiro atoms. The first-order valence-corrected chi connectivity index (χ1v) is 11.9. The number of hydrogen-bond donors (Lipinski definition) is 1. The van der Waals surface area contributed by atoms with E-state index in [1.54, 1.807) is 12.1 Å². The molecule has 0 saturated heterocycles. The zero-order chi connectivity index (χ0) is 23.3. The summed E-state index contributed by atoms with van der Waals surface area (Å²) in [7, 11) is 0. The molecular formula is C25H31BrN4O2. The fourth-order valence-electron chi connectivity index (χ4n) is 3.86. The van der Waals surface area contributed by atoms with Crippen LogP contribution >= 0.6 is 15.9 Å². The van der Waals surface area contributed by atoms with E-state index in [9.17, 15) is 9.59 Å². The first-order valence-electron chi connectivity index (χ1n) is 11.1. The Morgan fingerprint density at radius 2 is 1.75 bits per heavy atom. The quantitative estimate of drug-likeness (QED) is 0.443. The maximum atomic E-state index is 13.4. The van der Waals surface area contributed by atoms with E-state index in [1.807, 2.05) is 45.9 Å². The van der Waals surface area contributed by atoms with Gasteiger partial charge in [0.1, 0.15) is 12.4 Å². The van der Waals surface area contributed by atoms with Crippen molar-refractivity contribution in [3.63, 3.8) is 0 Å². The zero-order valence-electron chi connectivity index (χ0n) is 19.1. The lowest BCUT2D eigenvalue weighted by atomic mass is 10.1. The number of halogens is 1. The Kier molecular flexibility index (Phi) is 8.07. The van der Waals surface area contributed by atoms with Gasteiger partial charge < -0.3 is 14.8 Å². The number of para-hydroxylation sites is 2. The number of benzene rings is 2. The van der Waals surface area contributed by atoms with Crippen LogP contribution in [0.2, 0.25) is 0 Å². The molecule has 0 aliphatic rings. The Morgan fingerprint density at radius 1 is 1.06 bits per heavy atom. The van der Waals surface area contributed by atoms with Gasteiger partial charge in [0, 0.05) is 22.1 Å². The number of nitrogens with one attached hydrogen (secondary N) is 1. The molecule has 1 heterocycles. The van der Waals surface area contributed by atoms with Gasteiger partial charge in [-0.25, -0.2) is 4.98 Å². The lowest BCUT2D eigenvalue weighted by molar-refractivity contribution is -0.136. The van der Waals surface area contributed by atoms with Gasteiger partial charge in [0.05, 0.1) is 17.6 Å². The van der Waals surface area contributed by atoms with E-state index in [0.717, 1.165) is 28.3 Å². The molecule has 3 aromatic rings. The Morgan fingerprint density at radius 3 is 2.41 bits per heavy atom. The van der Waals surface area contributed by atoms with Gasteiger partial charge >= 0.3 is 0 Å². The molecule has 1 N–H and O–H groups in total. The van der Waals surface area contributed by atoms with E-state index in [1.165, 1.54) is 0 Å². The van der Waals surface area contributed by atoms with Crippen molar-refractivity contribution < 1.29 is 9.59 Å². The van der Waals surface area contributed by atoms with E-state index in [2.05, 4.69) is 48.9 Å². The molecule has 7 heteroatoms. The molecule has 0 aliphatic carbocycles. The number of hydrogen-bond acceptors (Lipinski definition) is 3. The summed E-state index contributed by atoms with van der Waals surface area (Å²) in [6.45, 7) is 8.81. The maximum Gasteiger partial charge on any atom is 0.251 e. The number of carbonyl (C=O) groups excluding carboxylic acids is 2. The molecule has 0 saturated carbocycles. The number of rotatable bonds is 9. The SMILES string of the molecule is CCC(C)N(C(=O)Cn1c(CNC(=O)c2cccc(Br)c2)nc2ccccc21)C(C)CC. The first kappa shape index (κ1) is 24.0. The van der Waals surface area contributed by atoms with Crippen LogP contribution in [0.4, 0.5) is 0 Å². The Hall–Kier alpha value is -2.67. The molecule has 2 amide bonds. The summed E-state index contributed by atoms with van der Waals surface area (Å²) in [6, 6.07) is 15.3. The molecule has 3 rings (SSSR count). The van der Waals surface area contributed by atoms with Crippen LogP contribution in [-0.2, 0) is 17.9 Å². The zero-order valence-corrected chi connectivity index (χ0v) is 20.7. The third-order valence-electron chi connectivity index (χ3n) is 5.94. The van der Waals surface area contributed by atoms with E-state index < -0.39 is 0 Å². The van der Waals surface area contributed by atoms with E-state index in [4.69, 9.17) is 4.98 Å². The van der Waals surface area contributed by atoms with Crippen LogP contribution in [0.15, 0.2) is 53.0 Å². The fraction of sp³-hybridized carbons (Fsp3) is 0.400. The monoisotopic (exact) mass is 498 g/mol. The van der Waals surface area contributed by atoms with Crippen LogP contribution in [-0.4, -0.2) is 38.3 Å². The minimum Gasteiger partial charge on any atom is -0.345 e. The molecule has 0 fully saturated rings. The van der Waals surface area contributed by atoms with Crippen molar-refractivity contribution in [1.82, 2.24) is 19.8 Å². The van der Waals surface area contributed by atoms with Crippen molar-refractivity contribution in [2.75, 3.05) is 0 Å². The van der Waals surface area contributed by atoms with Crippen LogP contribution in [0.3, 0.4) is 0 Å². The average molecular weight is 499 g/mol.